The highest BCUT2D eigenvalue weighted by Gasteiger charge is 2.32. The third kappa shape index (κ3) is 5.89. The number of amides is 2. The van der Waals surface area contributed by atoms with Gasteiger partial charge < -0.3 is 19.7 Å². The topological polar surface area (TPSA) is 122 Å². The van der Waals surface area contributed by atoms with Crippen LogP contribution < -0.4 is 5.32 Å². The van der Waals surface area contributed by atoms with E-state index in [1.54, 1.807) is 0 Å². The van der Waals surface area contributed by atoms with Gasteiger partial charge in [-0.2, -0.15) is 4.31 Å². The lowest BCUT2D eigenvalue weighted by Crippen LogP contribution is -2.55. The van der Waals surface area contributed by atoms with E-state index in [4.69, 9.17) is 0 Å². The highest BCUT2D eigenvalue weighted by atomic mass is 32.2. The standard InChI is InChI=1S/C18H24FN3O7S/c1-28-16(23)8-7-15(17(24)29-2)20-18(25)21-9-11-22(12-10-21)30(26,27)14-5-3-13(19)4-6-14/h3-6,15H,7-12H2,1-2H3,(H,20,25)/t15-/m0/s1. The maximum atomic E-state index is 13.0. The van der Waals surface area contributed by atoms with E-state index in [-0.39, 0.29) is 43.9 Å². The molecule has 1 aliphatic heterocycles. The second-order valence-electron chi connectivity index (χ2n) is 6.49. The number of hydrogen-bond donors (Lipinski definition) is 1. The van der Waals surface area contributed by atoms with E-state index >= 15 is 0 Å². The molecular weight excluding hydrogens is 421 g/mol. The Kier molecular flexibility index (Phi) is 8.12. The molecule has 1 heterocycles. The number of carbonyl (C=O) groups excluding carboxylic acids is 3. The summed E-state index contributed by atoms with van der Waals surface area (Å²) in [7, 11) is -1.43. The van der Waals surface area contributed by atoms with Crippen LogP contribution in [0, 0.1) is 5.82 Å². The highest BCUT2D eigenvalue weighted by molar-refractivity contribution is 7.89. The molecule has 0 bridgehead atoms. The van der Waals surface area contributed by atoms with E-state index in [0.717, 1.165) is 12.1 Å². The van der Waals surface area contributed by atoms with Crippen molar-refractivity contribution in [1.82, 2.24) is 14.5 Å². The monoisotopic (exact) mass is 445 g/mol. The third-order valence-electron chi connectivity index (χ3n) is 4.63. The summed E-state index contributed by atoms with van der Waals surface area (Å²) in [6.45, 7) is 0.269. The molecule has 2 rings (SSSR count). The van der Waals surface area contributed by atoms with Crippen molar-refractivity contribution in [3.8, 4) is 0 Å². The summed E-state index contributed by atoms with van der Waals surface area (Å²) in [4.78, 5) is 37.0. The molecule has 0 unspecified atom stereocenters. The molecule has 1 aromatic rings. The number of hydrogen-bond acceptors (Lipinski definition) is 7. The fourth-order valence-corrected chi connectivity index (χ4v) is 4.31. The molecule has 0 saturated carbocycles. The molecule has 0 spiro atoms. The van der Waals surface area contributed by atoms with Gasteiger partial charge in [0.2, 0.25) is 10.0 Å². The average molecular weight is 445 g/mol. The van der Waals surface area contributed by atoms with Gasteiger partial charge in [-0.05, 0) is 30.7 Å². The van der Waals surface area contributed by atoms with E-state index in [9.17, 15) is 27.2 Å². The van der Waals surface area contributed by atoms with Gasteiger partial charge in [0, 0.05) is 32.6 Å². The molecular formula is C18H24FN3O7S. The number of piperazine rings is 1. The van der Waals surface area contributed by atoms with Crippen LogP contribution in [-0.2, 0) is 29.1 Å². The summed E-state index contributed by atoms with van der Waals surface area (Å²) in [5, 5.41) is 2.50. The van der Waals surface area contributed by atoms with E-state index in [2.05, 4.69) is 14.8 Å². The van der Waals surface area contributed by atoms with Crippen molar-refractivity contribution in [2.75, 3.05) is 40.4 Å². The fraction of sp³-hybridized carbons (Fsp3) is 0.500. The Morgan fingerprint density at radius 3 is 2.20 bits per heavy atom. The van der Waals surface area contributed by atoms with Crippen LogP contribution in [0.15, 0.2) is 29.2 Å². The zero-order valence-electron chi connectivity index (χ0n) is 16.7. The van der Waals surface area contributed by atoms with Crippen LogP contribution in [0.25, 0.3) is 0 Å². The summed E-state index contributed by atoms with van der Waals surface area (Å²) >= 11 is 0. The first-order chi connectivity index (χ1) is 14.2. The summed E-state index contributed by atoms with van der Waals surface area (Å²) in [6.07, 6.45) is -0.0791. The van der Waals surface area contributed by atoms with Crippen molar-refractivity contribution in [2.45, 2.75) is 23.8 Å². The smallest absolute Gasteiger partial charge is 0.328 e. The lowest BCUT2D eigenvalue weighted by Gasteiger charge is -2.34. The number of urea groups is 1. The number of sulfonamides is 1. The number of ether oxygens (including phenoxy) is 2. The van der Waals surface area contributed by atoms with E-state index in [1.807, 2.05) is 0 Å². The van der Waals surface area contributed by atoms with Crippen LogP contribution in [0.1, 0.15) is 12.8 Å². The second kappa shape index (κ2) is 10.3. The van der Waals surface area contributed by atoms with Crippen LogP contribution in [0.5, 0.6) is 0 Å². The van der Waals surface area contributed by atoms with Gasteiger partial charge >= 0.3 is 18.0 Å². The SMILES string of the molecule is COC(=O)CC[C@H](NC(=O)N1CCN(S(=O)(=O)c2ccc(F)cc2)CC1)C(=O)OC. The van der Waals surface area contributed by atoms with Gasteiger partial charge in [0.15, 0.2) is 0 Å². The minimum Gasteiger partial charge on any atom is -0.469 e. The Labute approximate surface area is 174 Å². The average Bonchev–Trinajstić information content (AvgIpc) is 2.75. The first-order valence-corrected chi connectivity index (χ1v) is 10.6. The van der Waals surface area contributed by atoms with Gasteiger partial charge in [-0.25, -0.2) is 22.4 Å². The maximum absolute atomic E-state index is 13.0. The number of halogens is 1. The number of rotatable bonds is 7. The van der Waals surface area contributed by atoms with Gasteiger partial charge in [0.05, 0.1) is 19.1 Å². The summed E-state index contributed by atoms with van der Waals surface area (Å²) in [6, 6.07) is 2.89. The minimum absolute atomic E-state index is 0.00397. The van der Waals surface area contributed by atoms with Crippen molar-refractivity contribution >= 4 is 28.0 Å². The molecule has 1 aliphatic rings. The summed E-state index contributed by atoms with van der Waals surface area (Å²) in [5.41, 5.74) is 0. The van der Waals surface area contributed by atoms with Gasteiger partial charge in [-0.3, -0.25) is 4.79 Å². The highest BCUT2D eigenvalue weighted by Crippen LogP contribution is 2.18. The molecule has 0 aliphatic carbocycles. The Balaban J connectivity index is 1.95. The molecule has 1 atom stereocenters. The lowest BCUT2D eigenvalue weighted by atomic mass is 10.1. The molecule has 1 saturated heterocycles. The van der Waals surface area contributed by atoms with E-state index < -0.39 is 39.9 Å². The van der Waals surface area contributed by atoms with Crippen LogP contribution >= 0.6 is 0 Å². The molecule has 10 nitrogen and oxygen atoms in total. The Bertz CT molecular complexity index is 868. The van der Waals surface area contributed by atoms with Crippen molar-refractivity contribution in [3.63, 3.8) is 0 Å². The molecule has 1 N–H and O–H groups in total. The lowest BCUT2D eigenvalue weighted by molar-refractivity contribution is -0.144. The van der Waals surface area contributed by atoms with Crippen LogP contribution in [0.3, 0.4) is 0 Å². The van der Waals surface area contributed by atoms with Gasteiger partial charge in [-0.1, -0.05) is 0 Å². The van der Waals surface area contributed by atoms with Gasteiger partial charge in [-0.15, -0.1) is 0 Å². The van der Waals surface area contributed by atoms with Crippen LogP contribution in [-0.4, -0.2) is 82.0 Å². The molecule has 12 heteroatoms. The molecule has 0 radical (unpaired) electrons. The predicted molar refractivity (Wildman–Crippen MR) is 102 cm³/mol. The summed E-state index contributed by atoms with van der Waals surface area (Å²) < 4.78 is 48.7. The van der Waals surface area contributed by atoms with Crippen LogP contribution in [0.2, 0.25) is 0 Å². The molecule has 0 aromatic heterocycles. The van der Waals surface area contributed by atoms with Crippen molar-refractivity contribution in [2.24, 2.45) is 0 Å². The third-order valence-corrected chi connectivity index (χ3v) is 6.54. The van der Waals surface area contributed by atoms with E-state index in [1.165, 1.54) is 35.6 Å². The van der Waals surface area contributed by atoms with Crippen molar-refractivity contribution in [3.05, 3.63) is 30.1 Å². The fourth-order valence-electron chi connectivity index (χ4n) is 2.88. The first kappa shape index (κ1) is 23.5. The number of nitrogens with zero attached hydrogens (tertiary/aromatic N) is 2. The number of carbonyl (C=O) groups is 3. The molecule has 2 amide bonds. The molecule has 30 heavy (non-hydrogen) atoms. The molecule has 1 fully saturated rings. The minimum atomic E-state index is -3.81. The maximum Gasteiger partial charge on any atom is 0.328 e. The number of nitrogens with one attached hydrogen (secondary N) is 1. The quantitative estimate of drug-likeness (QED) is 0.601. The van der Waals surface area contributed by atoms with Gasteiger partial charge in [0.25, 0.3) is 0 Å². The van der Waals surface area contributed by atoms with E-state index in [0.29, 0.717) is 0 Å². The Morgan fingerprint density at radius 1 is 1.07 bits per heavy atom. The van der Waals surface area contributed by atoms with Crippen molar-refractivity contribution < 1.29 is 36.7 Å². The zero-order valence-corrected chi connectivity index (χ0v) is 17.5. The molecule has 1 aromatic carbocycles. The first-order valence-electron chi connectivity index (χ1n) is 9.15. The largest absolute Gasteiger partial charge is 0.469 e. The Hall–Kier alpha value is -2.73. The number of benzene rings is 1. The predicted octanol–water partition coefficient (Wildman–Crippen LogP) is 0.336. The second-order valence-corrected chi connectivity index (χ2v) is 8.42. The van der Waals surface area contributed by atoms with Crippen LogP contribution in [0.4, 0.5) is 9.18 Å². The zero-order chi connectivity index (χ0) is 22.3. The van der Waals surface area contributed by atoms with Crippen molar-refractivity contribution in [1.29, 1.82) is 0 Å². The summed E-state index contributed by atoms with van der Waals surface area (Å²) in [5.74, 6) is -1.77. The number of methoxy groups -OCH3 is 2. The number of esters is 2. The molecule has 166 valence electrons. The van der Waals surface area contributed by atoms with Gasteiger partial charge in [0.1, 0.15) is 11.9 Å². The normalized spacial score (nSPS) is 15.9. The Morgan fingerprint density at radius 2 is 1.67 bits per heavy atom.